The van der Waals surface area contributed by atoms with Gasteiger partial charge in [-0.2, -0.15) is 5.26 Å². The Balaban J connectivity index is 1.61. The molecule has 2 aromatic rings. The first-order chi connectivity index (χ1) is 12.7. The fraction of sp³-hybridized carbons (Fsp3) is 0.524. The SMILES string of the molecule is C[C@@H]1CN(c2ccc(C#N)c3ncccc23)C[C@H](CN2CCC[C@H]2C)O1. The van der Waals surface area contributed by atoms with E-state index in [1.54, 1.807) is 6.20 Å². The Morgan fingerprint density at radius 1 is 1.27 bits per heavy atom. The number of rotatable bonds is 3. The van der Waals surface area contributed by atoms with Gasteiger partial charge in [0.1, 0.15) is 6.07 Å². The van der Waals surface area contributed by atoms with E-state index in [9.17, 15) is 5.26 Å². The lowest BCUT2D eigenvalue weighted by Crippen LogP contribution is -2.51. The average Bonchev–Trinajstić information content (AvgIpc) is 3.05. The molecule has 4 rings (SSSR count). The van der Waals surface area contributed by atoms with Crippen LogP contribution in [0.4, 0.5) is 5.69 Å². The number of morpholine rings is 1. The lowest BCUT2D eigenvalue weighted by atomic mass is 10.1. The van der Waals surface area contributed by atoms with Crippen LogP contribution in [-0.4, -0.2) is 54.3 Å². The minimum absolute atomic E-state index is 0.189. The first kappa shape index (κ1) is 17.3. The molecule has 0 unspecified atom stereocenters. The maximum atomic E-state index is 9.38. The molecule has 5 nitrogen and oxygen atoms in total. The molecule has 26 heavy (non-hydrogen) atoms. The van der Waals surface area contributed by atoms with Crippen LogP contribution in [0.15, 0.2) is 30.5 Å². The quantitative estimate of drug-likeness (QED) is 0.851. The zero-order valence-corrected chi connectivity index (χ0v) is 15.6. The zero-order valence-electron chi connectivity index (χ0n) is 15.6. The van der Waals surface area contributed by atoms with Crippen molar-refractivity contribution in [2.45, 2.75) is 44.9 Å². The molecule has 2 fully saturated rings. The summed E-state index contributed by atoms with van der Waals surface area (Å²) in [5, 5.41) is 10.4. The van der Waals surface area contributed by atoms with Gasteiger partial charge in [-0.25, -0.2) is 0 Å². The van der Waals surface area contributed by atoms with Gasteiger partial charge in [-0.05, 0) is 57.5 Å². The van der Waals surface area contributed by atoms with Gasteiger partial charge in [-0.15, -0.1) is 0 Å². The van der Waals surface area contributed by atoms with Gasteiger partial charge in [0.15, 0.2) is 0 Å². The van der Waals surface area contributed by atoms with Crippen molar-refractivity contribution in [3.05, 3.63) is 36.0 Å². The van der Waals surface area contributed by atoms with Crippen LogP contribution in [0.2, 0.25) is 0 Å². The number of nitriles is 1. The highest BCUT2D eigenvalue weighted by atomic mass is 16.5. The molecule has 1 aromatic carbocycles. The second-order valence-electron chi connectivity index (χ2n) is 7.60. The molecule has 3 heterocycles. The van der Waals surface area contributed by atoms with Gasteiger partial charge in [0, 0.05) is 42.9 Å². The second-order valence-corrected chi connectivity index (χ2v) is 7.60. The highest BCUT2D eigenvalue weighted by Gasteiger charge is 2.30. The van der Waals surface area contributed by atoms with E-state index >= 15 is 0 Å². The molecule has 136 valence electrons. The molecular formula is C21H26N4O. The second kappa shape index (κ2) is 7.22. The van der Waals surface area contributed by atoms with Crippen LogP contribution in [0.3, 0.4) is 0 Å². The summed E-state index contributed by atoms with van der Waals surface area (Å²) < 4.78 is 6.25. The van der Waals surface area contributed by atoms with Gasteiger partial charge in [-0.3, -0.25) is 9.88 Å². The molecule has 0 bridgehead atoms. The number of nitrogens with zero attached hydrogens (tertiary/aromatic N) is 4. The van der Waals surface area contributed by atoms with Crippen molar-refractivity contribution in [2.24, 2.45) is 0 Å². The van der Waals surface area contributed by atoms with Crippen molar-refractivity contribution in [2.75, 3.05) is 31.1 Å². The highest BCUT2D eigenvalue weighted by Crippen LogP contribution is 2.30. The van der Waals surface area contributed by atoms with E-state index in [4.69, 9.17) is 4.74 Å². The van der Waals surface area contributed by atoms with E-state index in [2.05, 4.69) is 46.8 Å². The van der Waals surface area contributed by atoms with Crippen molar-refractivity contribution < 1.29 is 4.74 Å². The predicted molar refractivity (Wildman–Crippen MR) is 103 cm³/mol. The van der Waals surface area contributed by atoms with Crippen molar-refractivity contribution >= 4 is 16.6 Å². The normalized spacial score (nSPS) is 27.0. The summed E-state index contributed by atoms with van der Waals surface area (Å²) in [7, 11) is 0. The summed E-state index contributed by atoms with van der Waals surface area (Å²) in [6.45, 7) is 8.38. The maximum absolute atomic E-state index is 9.38. The highest BCUT2D eigenvalue weighted by molar-refractivity contribution is 5.95. The van der Waals surface area contributed by atoms with Crippen molar-refractivity contribution in [1.29, 1.82) is 5.26 Å². The van der Waals surface area contributed by atoms with Gasteiger partial charge in [0.2, 0.25) is 0 Å². The number of hydrogen-bond donors (Lipinski definition) is 0. The third-order valence-corrected chi connectivity index (χ3v) is 5.66. The summed E-state index contributed by atoms with van der Waals surface area (Å²) >= 11 is 0. The monoisotopic (exact) mass is 350 g/mol. The van der Waals surface area contributed by atoms with Crippen LogP contribution in [0.5, 0.6) is 0 Å². The molecule has 0 saturated carbocycles. The number of aromatic nitrogens is 1. The zero-order chi connectivity index (χ0) is 18.1. The number of benzene rings is 1. The Labute approximate surface area is 155 Å². The van der Waals surface area contributed by atoms with Crippen LogP contribution >= 0.6 is 0 Å². The number of hydrogen-bond acceptors (Lipinski definition) is 5. The summed E-state index contributed by atoms with van der Waals surface area (Å²) in [5.74, 6) is 0. The molecule has 0 spiro atoms. The molecule has 2 aliphatic heterocycles. The van der Waals surface area contributed by atoms with Crippen LogP contribution in [0.1, 0.15) is 32.3 Å². The summed E-state index contributed by atoms with van der Waals surface area (Å²) in [4.78, 5) is 9.41. The van der Waals surface area contributed by atoms with Gasteiger partial charge >= 0.3 is 0 Å². The lowest BCUT2D eigenvalue weighted by Gasteiger charge is -2.40. The molecule has 5 heteroatoms. The third kappa shape index (κ3) is 3.27. The number of fused-ring (bicyclic) bond motifs is 1. The van der Waals surface area contributed by atoms with Crippen LogP contribution in [-0.2, 0) is 4.74 Å². The standard InChI is InChI=1S/C21H26N4O/c1-15-5-4-10-24(15)13-18-14-25(12-16(2)26-18)20-8-7-17(11-22)21-19(20)6-3-9-23-21/h3,6-9,15-16,18H,4-5,10,12-14H2,1-2H3/t15-,16-,18+/m1/s1. The Hall–Kier alpha value is -2.16. The Morgan fingerprint density at radius 2 is 2.15 bits per heavy atom. The minimum Gasteiger partial charge on any atom is -0.370 e. The number of pyridine rings is 1. The average molecular weight is 350 g/mol. The van der Waals surface area contributed by atoms with Crippen LogP contribution in [0, 0.1) is 11.3 Å². The molecule has 1 aromatic heterocycles. The molecular weight excluding hydrogens is 324 g/mol. The van der Waals surface area contributed by atoms with Crippen molar-refractivity contribution in [3.8, 4) is 6.07 Å². The van der Waals surface area contributed by atoms with Crippen LogP contribution < -0.4 is 4.90 Å². The fourth-order valence-corrected chi connectivity index (χ4v) is 4.39. The van der Waals surface area contributed by atoms with Crippen LogP contribution in [0.25, 0.3) is 10.9 Å². The van der Waals surface area contributed by atoms with Crippen molar-refractivity contribution in [3.63, 3.8) is 0 Å². The Bertz CT molecular complexity index is 830. The van der Waals surface area contributed by atoms with Gasteiger partial charge in [-0.1, -0.05) is 0 Å². The topological polar surface area (TPSA) is 52.4 Å². The number of ether oxygens (including phenoxy) is 1. The van der Waals surface area contributed by atoms with E-state index in [1.165, 1.54) is 19.4 Å². The molecule has 0 N–H and O–H groups in total. The van der Waals surface area contributed by atoms with Crippen molar-refractivity contribution in [1.82, 2.24) is 9.88 Å². The fourth-order valence-electron chi connectivity index (χ4n) is 4.39. The molecule has 0 radical (unpaired) electrons. The Kier molecular flexibility index (Phi) is 4.80. The Morgan fingerprint density at radius 3 is 2.92 bits per heavy atom. The predicted octanol–water partition coefficient (Wildman–Crippen LogP) is 3.18. The maximum Gasteiger partial charge on any atom is 0.101 e. The number of likely N-dealkylation sites (tertiary alicyclic amines) is 1. The van der Waals surface area contributed by atoms with Gasteiger partial charge < -0.3 is 9.64 Å². The minimum atomic E-state index is 0.189. The van der Waals surface area contributed by atoms with E-state index in [0.717, 1.165) is 36.2 Å². The van der Waals surface area contributed by atoms with Gasteiger partial charge in [0.05, 0.1) is 23.3 Å². The summed E-state index contributed by atoms with van der Waals surface area (Å²) in [5.41, 5.74) is 2.58. The van der Waals surface area contributed by atoms with E-state index < -0.39 is 0 Å². The first-order valence-electron chi connectivity index (χ1n) is 9.58. The summed E-state index contributed by atoms with van der Waals surface area (Å²) in [6.07, 6.45) is 4.74. The molecule has 2 saturated heterocycles. The largest absolute Gasteiger partial charge is 0.370 e. The first-order valence-corrected chi connectivity index (χ1v) is 9.58. The number of anilines is 1. The van der Waals surface area contributed by atoms with E-state index in [-0.39, 0.29) is 12.2 Å². The molecule has 0 amide bonds. The van der Waals surface area contributed by atoms with E-state index in [1.807, 2.05) is 12.1 Å². The van der Waals surface area contributed by atoms with E-state index in [0.29, 0.717) is 11.6 Å². The molecule has 3 atom stereocenters. The summed E-state index contributed by atoms with van der Waals surface area (Å²) in [6, 6.07) is 10.9. The molecule has 2 aliphatic rings. The third-order valence-electron chi connectivity index (χ3n) is 5.66. The van der Waals surface area contributed by atoms with Gasteiger partial charge in [0.25, 0.3) is 0 Å². The molecule has 0 aliphatic carbocycles. The smallest absolute Gasteiger partial charge is 0.101 e. The lowest BCUT2D eigenvalue weighted by molar-refractivity contribution is -0.0331.